The van der Waals surface area contributed by atoms with Gasteiger partial charge in [0.05, 0.1) is 10.9 Å². The van der Waals surface area contributed by atoms with Gasteiger partial charge in [-0.3, -0.25) is 4.98 Å². The summed E-state index contributed by atoms with van der Waals surface area (Å²) >= 11 is 0. The van der Waals surface area contributed by atoms with Gasteiger partial charge in [-0.05, 0) is 39.9 Å². The molecule has 0 unspecified atom stereocenters. The van der Waals surface area contributed by atoms with Crippen molar-refractivity contribution in [1.82, 2.24) is 4.98 Å². The highest BCUT2D eigenvalue weighted by atomic mass is 16.3. The van der Waals surface area contributed by atoms with Crippen molar-refractivity contribution >= 4 is 43.6 Å². The standard InChI is InChI=1S/C21H17NO/c1-21(2,3)12-10-15-13-6-4-5-7-14(13)20-19-16(8-9-22-20)23-17(11-12)18(15)19/h4-11H,1-3H3. The molecule has 0 saturated carbocycles. The lowest BCUT2D eigenvalue weighted by atomic mass is 9.84. The topological polar surface area (TPSA) is 26.0 Å². The molecule has 2 heteroatoms. The molecule has 23 heavy (non-hydrogen) atoms. The van der Waals surface area contributed by atoms with Crippen LogP contribution < -0.4 is 0 Å². The molecule has 0 N–H and O–H groups in total. The third-order valence-corrected chi connectivity index (χ3v) is 4.82. The van der Waals surface area contributed by atoms with Crippen LogP contribution in [0.3, 0.4) is 0 Å². The maximum absolute atomic E-state index is 6.18. The Balaban J connectivity index is 2.16. The van der Waals surface area contributed by atoms with Crippen molar-refractivity contribution in [3.05, 3.63) is 54.2 Å². The van der Waals surface area contributed by atoms with E-state index in [0.29, 0.717) is 0 Å². The first-order chi connectivity index (χ1) is 11.0. The molecule has 0 spiro atoms. The monoisotopic (exact) mass is 299 g/mol. The molecule has 0 bridgehead atoms. The quantitative estimate of drug-likeness (QED) is 0.327. The van der Waals surface area contributed by atoms with Crippen LogP contribution in [-0.2, 0) is 5.41 Å². The number of pyridine rings is 1. The molecular formula is C21H17NO. The molecule has 2 nitrogen and oxygen atoms in total. The Hall–Kier alpha value is -2.61. The number of rotatable bonds is 0. The van der Waals surface area contributed by atoms with Gasteiger partial charge in [0.1, 0.15) is 11.2 Å². The normalized spacial score (nSPS) is 13.0. The van der Waals surface area contributed by atoms with E-state index in [2.05, 4.69) is 62.2 Å². The fourth-order valence-corrected chi connectivity index (χ4v) is 3.62. The molecular weight excluding hydrogens is 282 g/mol. The lowest BCUT2D eigenvalue weighted by molar-refractivity contribution is 0.588. The van der Waals surface area contributed by atoms with Gasteiger partial charge in [-0.15, -0.1) is 0 Å². The Kier molecular flexibility index (Phi) is 2.25. The first kappa shape index (κ1) is 12.9. The molecule has 0 fully saturated rings. The molecule has 2 heterocycles. The van der Waals surface area contributed by atoms with Crippen molar-refractivity contribution in [3.8, 4) is 0 Å². The molecule has 0 atom stereocenters. The maximum Gasteiger partial charge on any atom is 0.139 e. The third-order valence-electron chi connectivity index (χ3n) is 4.82. The van der Waals surface area contributed by atoms with E-state index in [0.717, 1.165) is 22.1 Å². The summed E-state index contributed by atoms with van der Waals surface area (Å²) in [4.78, 5) is 4.64. The van der Waals surface area contributed by atoms with Gasteiger partial charge < -0.3 is 4.42 Å². The molecule has 112 valence electrons. The fraction of sp³-hybridized carbons (Fsp3) is 0.190. The molecule has 2 aromatic heterocycles. The van der Waals surface area contributed by atoms with Crippen LogP contribution >= 0.6 is 0 Å². The molecule has 0 aliphatic carbocycles. The number of hydrogen-bond donors (Lipinski definition) is 0. The van der Waals surface area contributed by atoms with Crippen molar-refractivity contribution in [1.29, 1.82) is 0 Å². The van der Waals surface area contributed by atoms with Crippen molar-refractivity contribution in [2.75, 3.05) is 0 Å². The van der Waals surface area contributed by atoms with Crippen LogP contribution in [-0.4, -0.2) is 4.98 Å². The number of hydrogen-bond acceptors (Lipinski definition) is 2. The Labute approximate surface area is 134 Å². The van der Waals surface area contributed by atoms with E-state index in [1.165, 1.54) is 27.1 Å². The SMILES string of the molecule is CC(C)(C)c1cc2oc3ccnc4c5ccccc5c(c1)c2c34. The molecule has 0 amide bonds. The zero-order valence-corrected chi connectivity index (χ0v) is 13.5. The van der Waals surface area contributed by atoms with Crippen LogP contribution in [0.25, 0.3) is 43.6 Å². The summed E-state index contributed by atoms with van der Waals surface area (Å²) in [6.07, 6.45) is 1.84. The predicted molar refractivity (Wildman–Crippen MR) is 96.4 cm³/mol. The fourth-order valence-electron chi connectivity index (χ4n) is 3.62. The minimum Gasteiger partial charge on any atom is -0.456 e. The Bertz CT molecular complexity index is 1190. The van der Waals surface area contributed by atoms with Crippen molar-refractivity contribution in [2.24, 2.45) is 0 Å². The summed E-state index contributed by atoms with van der Waals surface area (Å²) in [5.74, 6) is 0. The molecule has 0 saturated heterocycles. The molecule has 5 aromatic rings. The summed E-state index contributed by atoms with van der Waals surface area (Å²) in [5.41, 5.74) is 4.30. The average Bonchev–Trinajstić information content (AvgIpc) is 2.91. The van der Waals surface area contributed by atoms with Crippen molar-refractivity contribution in [2.45, 2.75) is 26.2 Å². The maximum atomic E-state index is 6.18. The van der Waals surface area contributed by atoms with Gasteiger partial charge in [0, 0.05) is 17.0 Å². The predicted octanol–water partition coefficient (Wildman–Crippen LogP) is 6.02. The number of aromatic nitrogens is 1. The Morgan fingerprint density at radius 3 is 2.39 bits per heavy atom. The van der Waals surface area contributed by atoms with E-state index in [-0.39, 0.29) is 5.41 Å². The van der Waals surface area contributed by atoms with Gasteiger partial charge in [0.2, 0.25) is 0 Å². The van der Waals surface area contributed by atoms with E-state index in [9.17, 15) is 0 Å². The highest BCUT2D eigenvalue weighted by Gasteiger charge is 2.21. The highest BCUT2D eigenvalue weighted by molar-refractivity contribution is 6.32. The second-order valence-electron chi connectivity index (χ2n) is 7.33. The lowest BCUT2D eigenvalue weighted by Crippen LogP contribution is -2.10. The second-order valence-corrected chi connectivity index (χ2v) is 7.33. The zero-order chi connectivity index (χ0) is 15.8. The first-order valence-electron chi connectivity index (χ1n) is 7.99. The second kappa shape index (κ2) is 4.02. The van der Waals surface area contributed by atoms with Crippen LogP contribution in [0.2, 0.25) is 0 Å². The van der Waals surface area contributed by atoms with Gasteiger partial charge in [-0.25, -0.2) is 0 Å². The van der Waals surface area contributed by atoms with Crippen LogP contribution in [0.15, 0.2) is 53.1 Å². The number of benzene rings is 3. The molecule has 5 rings (SSSR count). The average molecular weight is 299 g/mol. The smallest absolute Gasteiger partial charge is 0.139 e. The number of fused-ring (bicyclic) bond motifs is 3. The largest absolute Gasteiger partial charge is 0.456 e. The Morgan fingerprint density at radius 1 is 0.826 bits per heavy atom. The number of furan rings is 1. The van der Waals surface area contributed by atoms with E-state index in [1.807, 2.05) is 12.3 Å². The van der Waals surface area contributed by atoms with Gasteiger partial charge in [0.15, 0.2) is 0 Å². The van der Waals surface area contributed by atoms with Gasteiger partial charge in [-0.1, -0.05) is 45.0 Å². The van der Waals surface area contributed by atoms with E-state index in [4.69, 9.17) is 4.42 Å². The molecule has 0 aliphatic rings. The van der Waals surface area contributed by atoms with Crippen molar-refractivity contribution < 1.29 is 4.42 Å². The van der Waals surface area contributed by atoms with Gasteiger partial charge in [-0.2, -0.15) is 0 Å². The van der Waals surface area contributed by atoms with Crippen LogP contribution in [0, 0.1) is 0 Å². The van der Waals surface area contributed by atoms with E-state index < -0.39 is 0 Å². The number of nitrogens with zero attached hydrogens (tertiary/aromatic N) is 1. The van der Waals surface area contributed by atoms with Crippen molar-refractivity contribution in [3.63, 3.8) is 0 Å². The van der Waals surface area contributed by atoms with Crippen LogP contribution in [0.1, 0.15) is 26.3 Å². The molecule has 0 aliphatic heterocycles. The summed E-state index contributed by atoms with van der Waals surface area (Å²) < 4.78 is 6.18. The third kappa shape index (κ3) is 1.61. The van der Waals surface area contributed by atoms with E-state index >= 15 is 0 Å². The van der Waals surface area contributed by atoms with Crippen LogP contribution in [0.4, 0.5) is 0 Å². The summed E-state index contributed by atoms with van der Waals surface area (Å²) in [6.45, 7) is 6.72. The Morgan fingerprint density at radius 2 is 1.61 bits per heavy atom. The zero-order valence-electron chi connectivity index (χ0n) is 13.5. The lowest BCUT2D eigenvalue weighted by Gasteiger charge is -2.20. The first-order valence-corrected chi connectivity index (χ1v) is 7.99. The minimum atomic E-state index is 0.0805. The molecule has 0 radical (unpaired) electrons. The summed E-state index contributed by atoms with van der Waals surface area (Å²) in [7, 11) is 0. The summed E-state index contributed by atoms with van der Waals surface area (Å²) in [6, 6.07) is 15.0. The van der Waals surface area contributed by atoms with Crippen LogP contribution in [0.5, 0.6) is 0 Å². The molecule has 3 aromatic carbocycles. The summed E-state index contributed by atoms with van der Waals surface area (Å²) in [5, 5.41) is 6.06. The highest BCUT2D eigenvalue weighted by Crippen LogP contribution is 2.43. The minimum absolute atomic E-state index is 0.0805. The van der Waals surface area contributed by atoms with Gasteiger partial charge in [0.25, 0.3) is 0 Å². The van der Waals surface area contributed by atoms with E-state index in [1.54, 1.807) is 0 Å². The van der Waals surface area contributed by atoms with Gasteiger partial charge >= 0.3 is 0 Å².